The van der Waals surface area contributed by atoms with Crippen LogP contribution >= 0.6 is 12.4 Å². The van der Waals surface area contributed by atoms with Gasteiger partial charge in [-0.1, -0.05) is 6.58 Å². The first-order valence-electron chi connectivity index (χ1n) is 2.50. The third-order valence-corrected chi connectivity index (χ3v) is 0.582. The van der Waals surface area contributed by atoms with Crippen molar-refractivity contribution < 1.29 is 9.63 Å². The van der Waals surface area contributed by atoms with Gasteiger partial charge in [-0.15, -0.1) is 12.4 Å². The zero-order valence-corrected chi connectivity index (χ0v) is 6.85. The standard InChI is InChI=1S/C5H9N3O2.ClH/c1-3(2)4(9)10-8-5(6)7;/h1H2,2H3,(H4,6,7,8);1H. The molecule has 0 rings (SSSR count). The number of halogens is 1. The van der Waals surface area contributed by atoms with E-state index in [9.17, 15) is 4.79 Å². The van der Waals surface area contributed by atoms with Gasteiger partial charge >= 0.3 is 5.97 Å². The van der Waals surface area contributed by atoms with Crippen molar-refractivity contribution in [2.24, 2.45) is 16.6 Å². The molecule has 11 heavy (non-hydrogen) atoms. The molecule has 0 radical (unpaired) electrons. The molecule has 0 spiro atoms. The van der Waals surface area contributed by atoms with Gasteiger partial charge in [-0.3, -0.25) is 0 Å². The molecule has 0 bridgehead atoms. The zero-order chi connectivity index (χ0) is 8.15. The second-order valence-corrected chi connectivity index (χ2v) is 1.68. The lowest BCUT2D eigenvalue weighted by Crippen LogP contribution is -2.23. The Morgan fingerprint density at radius 2 is 2.00 bits per heavy atom. The van der Waals surface area contributed by atoms with E-state index in [1.165, 1.54) is 6.92 Å². The first-order chi connectivity index (χ1) is 4.54. The number of nitrogens with two attached hydrogens (primary N) is 2. The van der Waals surface area contributed by atoms with Crippen molar-refractivity contribution in [3.8, 4) is 0 Å². The van der Waals surface area contributed by atoms with E-state index in [1.54, 1.807) is 0 Å². The van der Waals surface area contributed by atoms with Gasteiger partial charge < -0.3 is 16.3 Å². The molecule has 5 nitrogen and oxygen atoms in total. The first-order valence-corrected chi connectivity index (χ1v) is 2.50. The average molecular weight is 180 g/mol. The molecule has 0 aliphatic rings. The van der Waals surface area contributed by atoms with E-state index in [4.69, 9.17) is 11.5 Å². The fourth-order valence-electron chi connectivity index (χ4n) is 0.172. The van der Waals surface area contributed by atoms with Gasteiger partial charge in [-0.25, -0.2) is 4.79 Å². The molecule has 0 aliphatic heterocycles. The molecule has 0 heterocycles. The number of carbonyl (C=O) groups excluding carboxylic acids is 1. The fourth-order valence-corrected chi connectivity index (χ4v) is 0.172. The second kappa shape index (κ2) is 5.55. The van der Waals surface area contributed by atoms with Gasteiger partial charge in [0.2, 0.25) is 5.96 Å². The summed E-state index contributed by atoms with van der Waals surface area (Å²) in [5, 5.41) is 3.01. The largest absolute Gasteiger partial charge is 0.367 e. The fraction of sp³-hybridized carbons (Fsp3) is 0.200. The molecule has 0 fully saturated rings. The van der Waals surface area contributed by atoms with Gasteiger partial charge in [0.1, 0.15) is 0 Å². The Labute approximate surface area is 70.5 Å². The summed E-state index contributed by atoms with van der Waals surface area (Å²) in [7, 11) is 0. The van der Waals surface area contributed by atoms with Crippen molar-refractivity contribution in [2.45, 2.75) is 6.92 Å². The monoisotopic (exact) mass is 179 g/mol. The van der Waals surface area contributed by atoms with Crippen molar-refractivity contribution in [1.29, 1.82) is 0 Å². The van der Waals surface area contributed by atoms with Crippen molar-refractivity contribution in [3.63, 3.8) is 0 Å². The zero-order valence-electron chi connectivity index (χ0n) is 6.03. The average Bonchev–Trinajstić information content (AvgIpc) is 1.82. The number of nitrogens with zero attached hydrogens (tertiary/aromatic N) is 1. The molecule has 0 amide bonds. The topological polar surface area (TPSA) is 90.7 Å². The quantitative estimate of drug-likeness (QED) is 0.201. The number of hydrogen-bond donors (Lipinski definition) is 2. The van der Waals surface area contributed by atoms with Gasteiger partial charge in [0.05, 0.1) is 0 Å². The van der Waals surface area contributed by atoms with Crippen molar-refractivity contribution in [2.75, 3.05) is 0 Å². The minimum Gasteiger partial charge on any atom is -0.367 e. The van der Waals surface area contributed by atoms with Gasteiger partial charge in [0.15, 0.2) is 0 Å². The Balaban J connectivity index is 0. The summed E-state index contributed by atoms with van der Waals surface area (Å²) >= 11 is 0. The minimum atomic E-state index is -0.645. The second-order valence-electron chi connectivity index (χ2n) is 1.68. The molecule has 0 aromatic heterocycles. The number of hydrogen-bond acceptors (Lipinski definition) is 3. The smallest absolute Gasteiger partial charge is 0.361 e. The van der Waals surface area contributed by atoms with E-state index >= 15 is 0 Å². The molecule has 4 N–H and O–H groups in total. The summed E-state index contributed by atoms with van der Waals surface area (Å²) in [5.41, 5.74) is 9.96. The van der Waals surface area contributed by atoms with Crippen LogP contribution in [0, 0.1) is 0 Å². The van der Waals surface area contributed by atoms with Crippen LogP contribution in [-0.2, 0) is 9.63 Å². The molecule has 0 aliphatic carbocycles. The number of rotatable bonds is 2. The van der Waals surface area contributed by atoms with Crippen LogP contribution in [0.15, 0.2) is 17.3 Å². The van der Waals surface area contributed by atoms with Crippen molar-refractivity contribution in [1.82, 2.24) is 0 Å². The van der Waals surface area contributed by atoms with Crippen molar-refractivity contribution >= 4 is 24.3 Å². The van der Waals surface area contributed by atoms with Crippen LogP contribution < -0.4 is 11.5 Å². The highest BCUT2D eigenvalue weighted by molar-refractivity contribution is 5.87. The third-order valence-electron chi connectivity index (χ3n) is 0.582. The Morgan fingerprint density at radius 3 is 2.27 bits per heavy atom. The Bertz CT molecular complexity index is 186. The van der Waals surface area contributed by atoms with E-state index < -0.39 is 5.97 Å². The SMILES string of the molecule is C=C(C)C(=O)ON=C(N)N.Cl. The molecular weight excluding hydrogens is 170 g/mol. The van der Waals surface area contributed by atoms with Crippen LogP contribution in [0.4, 0.5) is 0 Å². The first kappa shape index (κ1) is 12.4. The number of oxime groups is 1. The summed E-state index contributed by atoms with van der Waals surface area (Å²) < 4.78 is 0. The third kappa shape index (κ3) is 6.66. The van der Waals surface area contributed by atoms with E-state index in [-0.39, 0.29) is 23.9 Å². The van der Waals surface area contributed by atoms with E-state index in [0.29, 0.717) is 0 Å². The van der Waals surface area contributed by atoms with Crippen LogP contribution in [0.3, 0.4) is 0 Å². The Kier molecular flexibility index (Phi) is 6.28. The lowest BCUT2D eigenvalue weighted by molar-refractivity contribution is -0.138. The maximum atomic E-state index is 10.5. The Hall–Kier alpha value is -1.23. The summed E-state index contributed by atoms with van der Waals surface area (Å²) in [4.78, 5) is 14.7. The lowest BCUT2D eigenvalue weighted by atomic mass is 10.4. The van der Waals surface area contributed by atoms with Crippen LogP contribution in [-0.4, -0.2) is 11.9 Å². The van der Waals surface area contributed by atoms with Crippen molar-refractivity contribution in [3.05, 3.63) is 12.2 Å². The summed E-state index contributed by atoms with van der Waals surface area (Å²) in [5.74, 6) is -0.942. The molecule has 64 valence electrons. The van der Waals surface area contributed by atoms with Crippen LogP contribution in [0.2, 0.25) is 0 Å². The highest BCUT2D eigenvalue weighted by Gasteiger charge is 2.00. The molecule has 0 unspecified atom stereocenters. The molecular formula is C5H10ClN3O2. The van der Waals surface area contributed by atoms with Gasteiger partial charge in [-0.2, -0.15) is 0 Å². The molecule has 6 heteroatoms. The maximum absolute atomic E-state index is 10.5. The highest BCUT2D eigenvalue weighted by Crippen LogP contribution is 1.90. The van der Waals surface area contributed by atoms with E-state index in [0.717, 1.165) is 0 Å². The number of guanidine groups is 1. The normalized spacial score (nSPS) is 7.36. The van der Waals surface area contributed by atoms with E-state index in [1.807, 2.05) is 0 Å². The maximum Gasteiger partial charge on any atom is 0.361 e. The molecule has 0 aromatic carbocycles. The molecule has 0 saturated carbocycles. The van der Waals surface area contributed by atoms with Gasteiger partial charge in [0, 0.05) is 5.57 Å². The predicted octanol–water partition coefficient (Wildman–Crippen LogP) is -0.284. The highest BCUT2D eigenvalue weighted by atomic mass is 35.5. The summed E-state index contributed by atoms with van der Waals surface area (Å²) in [6.07, 6.45) is 0. The number of carbonyl (C=O) groups is 1. The van der Waals surface area contributed by atoms with Gasteiger partial charge in [0.25, 0.3) is 0 Å². The summed E-state index contributed by atoms with van der Waals surface area (Å²) in [6, 6.07) is 0. The lowest BCUT2D eigenvalue weighted by Gasteiger charge is -1.93. The van der Waals surface area contributed by atoms with Crippen LogP contribution in [0.25, 0.3) is 0 Å². The van der Waals surface area contributed by atoms with Crippen LogP contribution in [0.1, 0.15) is 6.92 Å². The molecule has 0 saturated heterocycles. The predicted molar refractivity (Wildman–Crippen MR) is 44.0 cm³/mol. The van der Waals surface area contributed by atoms with Gasteiger partial charge in [-0.05, 0) is 12.1 Å². The Morgan fingerprint density at radius 1 is 1.55 bits per heavy atom. The summed E-state index contributed by atoms with van der Waals surface area (Å²) in [6.45, 7) is 4.80. The molecule has 0 atom stereocenters. The molecule has 0 aromatic rings. The van der Waals surface area contributed by atoms with Crippen LogP contribution in [0.5, 0.6) is 0 Å². The minimum absolute atomic E-state index is 0. The van der Waals surface area contributed by atoms with E-state index in [2.05, 4.69) is 16.6 Å².